The van der Waals surface area contributed by atoms with Crippen LogP contribution in [0.1, 0.15) is 26.3 Å². The number of nitrogens with zero attached hydrogens (tertiary/aromatic N) is 2. The normalized spacial score (nSPS) is 10.5. The van der Waals surface area contributed by atoms with Crippen molar-refractivity contribution in [1.82, 2.24) is 15.1 Å². The molecule has 0 bridgehead atoms. The number of aromatic nitrogens is 2. The number of carbonyl (C=O) groups is 2. The number of halogens is 2. The van der Waals surface area contributed by atoms with E-state index in [-0.39, 0.29) is 11.7 Å². The predicted octanol–water partition coefficient (Wildman–Crippen LogP) is 3.85. The first-order chi connectivity index (χ1) is 12.5. The Morgan fingerprint density at radius 3 is 2.31 bits per heavy atom. The highest BCUT2D eigenvalue weighted by Gasteiger charge is 2.17. The van der Waals surface area contributed by atoms with E-state index >= 15 is 0 Å². The van der Waals surface area contributed by atoms with Gasteiger partial charge < -0.3 is 5.32 Å². The van der Waals surface area contributed by atoms with Crippen LogP contribution in [0.2, 0.25) is 10.0 Å². The number of benzene rings is 2. The third-order valence-electron chi connectivity index (χ3n) is 3.75. The summed E-state index contributed by atoms with van der Waals surface area (Å²) in [6, 6.07) is 13.3. The molecule has 0 aliphatic rings. The van der Waals surface area contributed by atoms with Gasteiger partial charge >= 0.3 is 0 Å². The molecule has 0 aliphatic heterocycles. The minimum Gasteiger partial charge on any atom is -0.350 e. The molecule has 0 fully saturated rings. The van der Waals surface area contributed by atoms with Crippen LogP contribution in [0, 0.1) is 0 Å². The standard InChI is InChI=1S/C19H15Cl2N3O2/c20-14-7-5-13(6-8-14)18(25)16-3-1-2-4-17(16)19(26)22-9-10-24-12-15(21)11-23-24/h1-8,11-12H,9-10H2,(H,22,26). The minimum atomic E-state index is -0.318. The number of ketones is 1. The Kier molecular flexibility index (Phi) is 5.71. The van der Waals surface area contributed by atoms with Gasteiger partial charge in [0.2, 0.25) is 0 Å². The Labute approximate surface area is 160 Å². The summed E-state index contributed by atoms with van der Waals surface area (Å²) in [5.74, 6) is -0.549. The predicted molar refractivity (Wildman–Crippen MR) is 101 cm³/mol. The molecule has 0 saturated heterocycles. The summed E-state index contributed by atoms with van der Waals surface area (Å²) in [5, 5.41) is 7.93. The van der Waals surface area contributed by atoms with Crippen LogP contribution in [-0.2, 0) is 6.54 Å². The molecule has 0 radical (unpaired) electrons. The van der Waals surface area contributed by atoms with E-state index in [9.17, 15) is 9.59 Å². The van der Waals surface area contributed by atoms with Gasteiger partial charge in [-0.25, -0.2) is 0 Å². The molecular formula is C19H15Cl2N3O2. The van der Waals surface area contributed by atoms with Crippen molar-refractivity contribution in [2.45, 2.75) is 6.54 Å². The van der Waals surface area contributed by atoms with Crippen molar-refractivity contribution in [3.8, 4) is 0 Å². The van der Waals surface area contributed by atoms with E-state index in [1.54, 1.807) is 59.4 Å². The second kappa shape index (κ2) is 8.17. The van der Waals surface area contributed by atoms with Gasteiger partial charge in [0.25, 0.3) is 5.91 Å². The number of nitrogens with one attached hydrogen (secondary N) is 1. The molecule has 1 aromatic heterocycles. The van der Waals surface area contributed by atoms with E-state index in [1.165, 1.54) is 6.20 Å². The summed E-state index contributed by atoms with van der Waals surface area (Å²) in [6.07, 6.45) is 3.20. The first kappa shape index (κ1) is 18.2. The van der Waals surface area contributed by atoms with Gasteiger partial charge in [-0.1, -0.05) is 41.4 Å². The number of hydrogen-bond donors (Lipinski definition) is 1. The second-order valence-electron chi connectivity index (χ2n) is 5.56. The number of rotatable bonds is 6. The van der Waals surface area contributed by atoms with Crippen molar-refractivity contribution in [2.75, 3.05) is 6.54 Å². The molecule has 26 heavy (non-hydrogen) atoms. The van der Waals surface area contributed by atoms with Crippen LogP contribution in [0.4, 0.5) is 0 Å². The largest absolute Gasteiger partial charge is 0.350 e. The van der Waals surface area contributed by atoms with Crippen molar-refractivity contribution >= 4 is 34.9 Å². The summed E-state index contributed by atoms with van der Waals surface area (Å²) in [5.41, 5.74) is 1.14. The molecule has 1 N–H and O–H groups in total. The summed E-state index contributed by atoms with van der Waals surface area (Å²) in [6.45, 7) is 0.839. The van der Waals surface area contributed by atoms with Crippen molar-refractivity contribution in [3.63, 3.8) is 0 Å². The Bertz CT molecular complexity index is 936. The highest BCUT2D eigenvalue weighted by atomic mass is 35.5. The number of hydrogen-bond acceptors (Lipinski definition) is 3. The highest BCUT2D eigenvalue weighted by Crippen LogP contribution is 2.17. The molecule has 0 saturated carbocycles. The van der Waals surface area contributed by atoms with Gasteiger partial charge in [0.05, 0.1) is 23.3 Å². The smallest absolute Gasteiger partial charge is 0.252 e. The van der Waals surface area contributed by atoms with Gasteiger partial charge in [-0.15, -0.1) is 0 Å². The summed E-state index contributed by atoms with van der Waals surface area (Å²) in [4.78, 5) is 25.2. The zero-order valence-electron chi connectivity index (χ0n) is 13.7. The van der Waals surface area contributed by atoms with Crippen LogP contribution in [0.3, 0.4) is 0 Å². The van der Waals surface area contributed by atoms with E-state index in [2.05, 4.69) is 10.4 Å². The van der Waals surface area contributed by atoms with Crippen LogP contribution in [0.5, 0.6) is 0 Å². The second-order valence-corrected chi connectivity index (χ2v) is 6.43. The molecule has 1 amide bonds. The molecule has 2 aromatic carbocycles. The summed E-state index contributed by atoms with van der Waals surface area (Å²) >= 11 is 11.7. The van der Waals surface area contributed by atoms with Crippen molar-refractivity contribution < 1.29 is 9.59 Å². The highest BCUT2D eigenvalue weighted by molar-refractivity contribution is 6.31. The van der Waals surface area contributed by atoms with E-state index in [4.69, 9.17) is 23.2 Å². The van der Waals surface area contributed by atoms with E-state index in [1.807, 2.05) is 0 Å². The van der Waals surface area contributed by atoms with E-state index in [0.29, 0.717) is 39.8 Å². The maximum absolute atomic E-state index is 12.7. The Balaban J connectivity index is 1.72. The monoisotopic (exact) mass is 387 g/mol. The lowest BCUT2D eigenvalue weighted by Crippen LogP contribution is -2.28. The van der Waals surface area contributed by atoms with Gasteiger partial charge in [-0.2, -0.15) is 5.10 Å². The molecule has 7 heteroatoms. The van der Waals surface area contributed by atoms with E-state index < -0.39 is 0 Å². The van der Waals surface area contributed by atoms with Crippen molar-refractivity contribution in [2.24, 2.45) is 0 Å². The molecule has 3 aromatic rings. The van der Waals surface area contributed by atoms with Gasteiger partial charge in [-0.05, 0) is 30.3 Å². The topological polar surface area (TPSA) is 64.0 Å². The van der Waals surface area contributed by atoms with Crippen LogP contribution < -0.4 is 5.32 Å². The Morgan fingerprint density at radius 1 is 0.962 bits per heavy atom. The first-order valence-corrected chi connectivity index (χ1v) is 8.65. The fourth-order valence-corrected chi connectivity index (χ4v) is 2.76. The zero-order chi connectivity index (χ0) is 18.5. The molecule has 0 unspecified atom stereocenters. The van der Waals surface area contributed by atoms with Crippen LogP contribution in [0.15, 0.2) is 60.9 Å². The van der Waals surface area contributed by atoms with Crippen LogP contribution in [0.25, 0.3) is 0 Å². The zero-order valence-corrected chi connectivity index (χ0v) is 15.2. The van der Waals surface area contributed by atoms with Crippen molar-refractivity contribution in [1.29, 1.82) is 0 Å². The lowest BCUT2D eigenvalue weighted by molar-refractivity contribution is 0.0940. The molecule has 5 nitrogen and oxygen atoms in total. The lowest BCUT2D eigenvalue weighted by atomic mass is 9.98. The molecule has 0 atom stereocenters. The van der Waals surface area contributed by atoms with Crippen LogP contribution >= 0.6 is 23.2 Å². The maximum Gasteiger partial charge on any atom is 0.252 e. The molecule has 132 valence electrons. The van der Waals surface area contributed by atoms with Crippen molar-refractivity contribution in [3.05, 3.63) is 87.7 Å². The number of amides is 1. The fraction of sp³-hybridized carbons (Fsp3) is 0.105. The Morgan fingerprint density at radius 2 is 1.65 bits per heavy atom. The van der Waals surface area contributed by atoms with Gasteiger partial charge in [0.15, 0.2) is 5.78 Å². The quantitative estimate of drug-likeness (QED) is 0.653. The fourth-order valence-electron chi connectivity index (χ4n) is 2.48. The third-order valence-corrected chi connectivity index (χ3v) is 4.20. The summed E-state index contributed by atoms with van der Waals surface area (Å²) in [7, 11) is 0. The number of carbonyl (C=O) groups excluding carboxylic acids is 2. The SMILES string of the molecule is O=C(NCCn1cc(Cl)cn1)c1ccccc1C(=O)c1ccc(Cl)cc1. The van der Waals surface area contributed by atoms with Gasteiger partial charge in [0.1, 0.15) is 0 Å². The molecule has 0 spiro atoms. The first-order valence-electron chi connectivity index (χ1n) is 7.90. The molecule has 1 heterocycles. The molecule has 3 rings (SSSR count). The molecular weight excluding hydrogens is 373 g/mol. The van der Waals surface area contributed by atoms with Gasteiger partial charge in [-0.3, -0.25) is 14.3 Å². The Hall–Kier alpha value is -2.63. The average molecular weight is 388 g/mol. The minimum absolute atomic E-state index is 0.230. The van der Waals surface area contributed by atoms with Crippen LogP contribution in [-0.4, -0.2) is 28.0 Å². The van der Waals surface area contributed by atoms with Gasteiger partial charge in [0, 0.05) is 28.9 Å². The average Bonchev–Trinajstić information content (AvgIpc) is 3.07. The summed E-state index contributed by atoms with van der Waals surface area (Å²) < 4.78 is 1.63. The van der Waals surface area contributed by atoms with E-state index in [0.717, 1.165) is 0 Å². The molecule has 0 aliphatic carbocycles. The lowest BCUT2D eigenvalue weighted by Gasteiger charge is -2.10. The third kappa shape index (κ3) is 4.31. The maximum atomic E-state index is 12.7.